The van der Waals surface area contributed by atoms with Crippen LogP contribution in [0.4, 0.5) is 5.69 Å². The molecule has 0 aliphatic rings. The van der Waals surface area contributed by atoms with Gasteiger partial charge in [0.25, 0.3) is 0 Å². The molecule has 0 aliphatic carbocycles. The van der Waals surface area contributed by atoms with Crippen molar-refractivity contribution in [1.82, 2.24) is 0 Å². The van der Waals surface area contributed by atoms with Crippen LogP contribution in [-0.4, -0.2) is 17.6 Å². The van der Waals surface area contributed by atoms with Gasteiger partial charge in [0, 0.05) is 12.1 Å². The van der Waals surface area contributed by atoms with Gasteiger partial charge in [-0.2, -0.15) is 0 Å². The molecule has 18 heavy (non-hydrogen) atoms. The van der Waals surface area contributed by atoms with Crippen LogP contribution in [0.15, 0.2) is 24.3 Å². The van der Waals surface area contributed by atoms with Crippen LogP contribution in [0.1, 0.15) is 44.3 Å². The van der Waals surface area contributed by atoms with E-state index in [2.05, 4.69) is 12.2 Å². The number of hydrogen-bond donors (Lipinski definition) is 3. The average Bonchev–Trinajstić information content (AvgIpc) is 2.37. The molecule has 0 aromatic heterocycles. The largest absolute Gasteiger partial charge is 0.388 e. The minimum Gasteiger partial charge on any atom is -0.388 e. The van der Waals surface area contributed by atoms with E-state index < -0.39 is 6.10 Å². The molecular weight excluding hydrogens is 228 g/mol. The number of rotatable bonds is 7. The zero-order valence-corrected chi connectivity index (χ0v) is 10.9. The minimum atomic E-state index is -0.567. The van der Waals surface area contributed by atoms with E-state index in [0.29, 0.717) is 19.4 Å². The van der Waals surface area contributed by atoms with Crippen molar-refractivity contribution >= 4 is 11.6 Å². The first-order valence-electron chi connectivity index (χ1n) is 6.45. The van der Waals surface area contributed by atoms with Crippen LogP contribution >= 0.6 is 0 Å². The molecule has 1 unspecified atom stereocenters. The molecule has 1 aromatic rings. The zero-order valence-electron chi connectivity index (χ0n) is 10.9. The predicted molar refractivity (Wildman–Crippen MR) is 73.2 cm³/mol. The van der Waals surface area contributed by atoms with E-state index in [1.807, 2.05) is 18.2 Å². The highest BCUT2D eigenvalue weighted by Crippen LogP contribution is 2.19. The van der Waals surface area contributed by atoms with E-state index in [9.17, 15) is 9.90 Å². The third kappa shape index (κ3) is 4.85. The lowest BCUT2D eigenvalue weighted by molar-refractivity contribution is -0.116. The third-order valence-electron chi connectivity index (χ3n) is 2.75. The van der Waals surface area contributed by atoms with Gasteiger partial charge in [0.1, 0.15) is 0 Å². The second-order valence-corrected chi connectivity index (χ2v) is 4.37. The van der Waals surface area contributed by atoms with Crippen molar-refractivity contribution in [2.45, 2.75) is 38.7 Å². The summed E-state index contributed by atoms with van der Waals surface area (Å²) in [5, 5.41) is 12.7. The molecule has 0 heterocycles. The Hall–Kier alpha value is -1.39. The maximum atomic E-state index is 11.6. The molecule has 4 heteroatoms. The number of unbranched alkanes of at least 4 members (excludes halogenated alkanes) is 1. The molecule has 1 aromatic carbocycles. The fourth-order valence-corrected chi connectivity index (χ4v) is 1.71. The first-order chi connectivity index (χ1) is 8.67. The molecule has 0 saturated carbocycles. The van der Waals surface area contributed by atoms with Crippen molar-refractivity contribution in [3.63, 3.8) is 0 Å². The van der Waals surface area contributed by atoms with Gasteiger partial charge in [-0.1, -0.05) is 25.5 Å². The van der Waals surface area contributed by atoms with Gasteiger partial charge < -0.3 is 16.2 Å². The van der Waals surface area contributed by atoms with Crippen LogP contribution in [0.25, 0.3) is 0 Å². The highest BCUT2D eigenvalue weighted by molar-refractivity contribution is 5.90. The summed E-state index contributed by atoms with van der Waals surface area (Å²) < 4.78 is 0. The maximum Gasteiger partial charge on any atom is 0.224 e. The van der Waals surface area contributed by atoms with Gasteiger partial charge in [-0.15, -0.1) is 0 Å². The summed E-state index contributed by atoms with van der Waals surface area (Å²) >= 11 is 0. The van der Waals surface area contributed by atoms with E-state index in [1.54, 1.807) is 6.07 Å². The fraction of sp³-hybridized carbons (Fsp3) is 0.500. The van der Waals surface area contributed by atoms with Gasteiger partial charge in [-0.3, -0.25) is 4.79 Å². The van der Waals surface area contributed by atoms with Crippen molar-refractivity contribution in [3.05, 3.63) is 29.8 Å². The highest BCUT2D eigenvalue weighted by atomic mass is 16.3. The number of aliphatic hydroxyl groups is 1. The number of anilines is 1. The quantitative estimate of drug-likeness (QED) is 0.694. The topological polar surface area (TPSA) is 75.3 Å². The van der Waals surface area contributed by atoms with Gasteiger partial charge in [0.15, 0.2) is 0 Å². The Bertz CT molecular complexity index is 380. The van der Waals surface area contributed by atoms with E-state index in [1.165, 1.54) is 0 Å². The average molecular weight is 250 g/mol. The van der Waals surface area contributed by atoms with Gasteiger partial charge in [-0.25, -0.2) is 0 Å². The van der Waals surface area contributed by atoms with E-state index >= 15 is 0 Å². The van der Waals surface area contributed by atoms with Crippen LogP contribution in [-0.2, 0) is 4.79 Å². The van der Waals surface area contributed by atoms with Crippen LogP contribution in [0.5, 0.6) is 0 Å². The van der Waals surface area contributed by atoms with Gasteiger partial charge in [0.2, 0.25) is 5.91 Å². The summed E-state index contributed by atoms with van der Waals surface area (Å²) in [4.78, 5) is 11.6. The van der Waals surface area contributed by atoms with Gasteiger partial charge in [0.05, 0.1) is 6.10 Å². The number of carbonyl (C=O) groups is 1. The Labute approximate surface area is 108 Å². The molecule has 1 amide bonds. The fourth-order valence-electron chi connectivity index (χ4n) is 1.71. The van der Waals surface area contributed by atoms with E-state index in [4.69, 9.17) is 5.73 Å². The van der Waals surface area contributed by atoms with Crippen LogP contribution < -0.4 is 11.1 Å². The maximum absolute atomic E-state index is 11.6. The zero-order chi connectivity index (χ0) is 13.4. The van der Waals surface area contributed by atoms with Crippen molar-refractivity contribution in [2.24, 2.45) is 5.73 Å². The standard InChI is InChI=1S/C14H22N2O2/c1-2-3-7-14(18)16-12-6-4-5-11(10-12)13(17)8-9-15/h4-6,10,13,17H,2-3,7-9,15H2,1H3,(H,16,18). The molecule has 1 atom stereocenters. The van der Waals surface area contributed by atoms with Crippen molar-refractivity contribution in [2.75, 3.05) is 11.9 Å². The number of aliphatic hydroxyl groups excluding tert-OH is 1. The van der Waals surface area contributed by atoms with E-state index in [-0.39, 0.29) is 5.91 Å². The summed E-state index contributed by atoms with van der Waals surface area (Å²) in [5.41, 5.74) is 6.92. The first kappa shape index (κ1) is 14.7. The minimum absolute atomic E-state index is 0.0160. The second kappa shape index (κ2) is 7.84. The normalized spacial score (nSPS) is 12.2. The summed E-state index contributed by atoms with van der Waals surface area (Å²) in [7, 11) is 0. The van der Waals surface area contributed by atoms with Crippen LogP contribution in [0, 0.1) is 0 Å². The molecule has 0 fully saturated rings. The molecular formula is C14H22N2O2. The second-order valence-electron chi connectivity index (χ2n) is 4.37. The SMILES string of the molecule is CCCCC(=O)Nc1cccc(C(O)CCN)c1. The Morgan fingerprint density at radius 1 is 1.50 bits per heavy atom. The summed E-state index contributed by atoms with van der Waals surface area (Å²) in [5.74, 6) is 0.0160. The molecule has 1 rings (SSSR count). The molecule has 100 valence electrons. The molecule has 0 bridgehead atoms. The number of amides is 1. The summed E-state index contributed by atoms with van der Waals surface area (Å²) in [6.45, 7) is 2.49. The predicted octanol–water partition coefficient (Wildman–Crippen LogP) is 2.20. The lowest BCUT2D eigenvalue weighted by Crippen LogP contribution is -2.12. The Morgan fingerprint density at radius 3 is 2.94 bits per heavy atom. The smallest absolute Gasteiger partial charge is 0.224 e. The van der Waals surface area contributed by atoms with Crippen LogP contribution in [0.3, 0.4) is 0 Å². The number of nitrogens with one attached hydrogen (secondary N) is 1. The molecule has 4 N–H and O–H groups in total. The first-order valence-corrected chi connectivity index (χ1v) is 6.45. The molecule has 0 spiro atoms. The number of hydrogen-bond acceptors (Lipinski definition) is 3. The van der Waals surface area contributed by atoms with E-state index in [0.717, 1.165) is 24.1 Å². The van der Waals surface area contributed by atoms with Crippen LogP contribution in [0.2, 0.25) is 0 Å². The molecule has 4 nitrogen and oxygen atoms in total. The number of nitrogens with two attached hydrogens (primary N) is 1. The molecule has 0 aliphatic heterocycles. The van der Waals surface area contributed by atoms with Gasteiger partial charge >= 0.3 is 0 Å². The van der Waals surface area contributed by atoms with Crippen molar-refractivity contribution in [1.29, 1.82) is 0 Å². The van der Waals surface area contributed by atoms with Crippen molar-refractivity contribution in [3.8, 4) is 0 Å². The molecule has 0 radical (unpaired) electrons. The summed E-state index contributed by atoms with van der Waals surface area (Å²) in [6.07, 6.45) is 2.38. The lowest BCUT2D eigenvalue weighted by Gasteiger charge is -2.11. The summed E-state index contributed by atoms with van der Waals surface area (Å²) in [6, 6.07) is 7.28. The molecule has 0 saturated heterocycles. The lowest BCUT2D eigenvalue weighted by atomic mass is 10.1. The Balaban J connectivity index is 2.61. The number of carbonyl (C=O) groups excluding carboxylic acids is 1. The number of benzene rings is 1. The highest BCUT2D eigenvalue weighted by Gasteiger charge is 2.08. The Kier molecular flexibility index (Phi) is 6.39. The van der Waals surface area contributed by atoms with Gasteiger partial charge in [-0.05, 0) is 37.1 Å². The monoisotopic (exact) mass is 250 g/mol. The third-order valence-corrected chi connectivity index (χ3v) is 2.75. The van der Waals surface area contributed by atoms with Crippen molar-refractivity contribution < 1.29 is 9.90 Å². The Morgan fingerprint density at radius 2 is 2.28 bits per heavy atom.